The van der Waals surface area contributed by atoms with Crippen LogP contribution in [0.1, 0.15) is 90.3 Å². The van der Waals surface area contributed by atoms with Crippen LogP contribution in [0, 0.1) is 0 Å². The van der Waals surface area contributed by atoms with Crippen molar-refractivity contribution in [3.8, 4) is 0 Å². The van der Waals surface area contributed by atoms with Crippen molar-refractivity contribution in [3.63, 3.8) is 0 Å². The monoisotopic (exact) mass is 1040 g/mol. The Morgan fingerprint density at radius 2 is 1.22 bits per heavy atom. The van der Waals surface area contributed by atoms with E-state index in [1.165, 1.54) is 27.8 Å². The highest BCUT2D eigenvalue weighted by Crippen LogP contribution is 2.38. The second-order valence-electron chi connectivity index (χ2n) is 17.9. The molecule has 0 unspecified atom stereocenters. The molecule has 0 aromatic heterocycles. The van der Waals surface area contributed by atoms with E-state index in [1.54, 1.807) is 14.8 Å². The van der Waals surface area contributed by atoms with Crippen LogP contribution in [0.15, 0.2) is 103 Å². The van der Waals surface area contributed by atoms with E-state index in [4.69, 9.17) is 44.8 Å². The number of hydrogen-bond acceptors (Lipinski definition) is 12. The van der Waals surface area contributed by atoms with Crippen molar-refractivity contribution >= 4 is 58.9 Å². The zero-order chi connectivity index (χ0) is 51.8. The number of hydrazine groups is 1. The molecular weight excluding hydrogens is 968 g/mol. The highest BCUT2D eigenvalue weighted by atomic mass is 32.5. The first-order valence-electron chi connectivity index (χ1n) is 25.3. The first kappa shape index (κ1) is 57.0. The Labute approximate surface area is 435 Å². The minimum atomic E-state index is -3.63. The number of carbonyl (C=O) groups is 3. The van der Waals surface area contributed by atoms with E-state index >= 15 is 0 Å². The zero-order valence-corrected chi connectivity index (χ0v) is 43.8. The second-order valence-corrected chi connectivity index (χ2v) is 20.6. The Kier molecular flexibility index (Phi) is 23.5. The summed E-state index contributed by atoms with van der Waals surface area (Å²) in [4.78, 5) is 61.2. The van der Waals surface area contributed by atoms with E-state index in [0.717, 1.165) is 49.7 Å². The number of nitrogens with zero attached hydrogens (tertiary/aromatic N) is 3. The number of aryl methyl sites for hydroxylation is 2. The number of carbonyl (C=O) groups excluding carboxylic acids is 3. The van der Waals surface area contributed by atoms with Crippen LogP contribution in [0.4, 0.5) is 5.69 Å². The van der Waals surface area contributed by atoms with Crippen molar-refractivity contribution in [2.75, 3.05) is 91.0 Å². The lowest BCUT2D eigenvalue weighted by Gasteiger charge is -2.33. The van der Waals surface area contributed by atoms with E-state index in [2.05, 4.69) is 71.7 Å². The molecule has 0 saturated carbocycles. The van der Waals surface area contributed by atoms with Gasteiger partial charge >= 0.3 is 6.72 Å². The summed E-state index contributed by atoms with van der Waals surface area (Å²) in [5.41, 5.74) is 17.4. The Bertz CT molecular complexity index is 2490. The molecule has 1 aliphatic carbocycles. The number of para-hydroxylation sites is 1. The molecule has 3 amide bonds. The highest BCUT2D eigenvalue weighted by molar-refractivity contribution is 8.06. The molecule has 0 saturated heterocycles. The third kappa shape index (κ3) is 18.2. The van der Waals surface area contributed by atoms with E-state index in [0.29, 0.717) is 108 Å². The maximum absolute atomic E-state index is 13.8. The molecule has 4 aromatic rings. The molecule has 0 spiro atoms. The maximum Gasteiger partial charge on any atom is 0.321 e. The van der Waals surface area contributed by atoms with Crippen molar-refractivity contribution in [1.82, 2.24) is 15.2 Å². The standard InChI is InChI=1S/C55H73N6O10PS/c1-59(30-14-22-48-45-18-7-4-15-42(45)24-25-43-16-5-8-19-46(43)48)52(63)28-33-67-35-37-69-39-40-70-38-36-68-34-31-61(57)55-47-20-9-6-17-44(47)41-60(50-23-11-10-21-49(50)54(55)56)53(64)27-26-51(62)58-29-12-2-3-13-32-71-72(65,66)73/h4-11,15-23H,2-3,12-14,24-41,56-57H2,1H3,(H,58,62)(H2,65,66,73)/b55-54-. The molecule has 1 aliphatic heterocycles. The molecule has 0 atom stereocenters. The third-order valence-corrected chi connectivity index (χ3v) is 13.6. The zero-order valence-electron chi connectivity index (χ0n) is 42.1. The summed E-state index contributed by atoms with van der Waals surface area (Å²) >= 11 is 4.45. The number of amides is 3. The summed E-state index contributed by atoms with van der Waals surface area (Å²) in [6.07, 6.45) is 8.41. The number of anilines is 1. The lowest BCUT2D eigenvalue weighted by atomic mass is 9.93. The van der Waals surface area contributed by atoms with Gasteiger partial charge in [0, 0.05) is 44.1 Å². The van der Waals surface area contributed by atoms with Gasteiger partial charge in [-0.25, -0.2) is 5.84 Å². The van der Waals surface area contributed by atoms with Crippen molar-refractivity contribution in [3.05, 3.63) is 142 Å². The summed E-state index contributed by atoms with van der Waals surface area (Å²) < 4.78 is 27.7. The van der Waals surface area contributed by atoms with Crippen molar-refractivity contribution in [2.24, 2.45) is 11.6 Å². The Balaban J connectivity index is 0.840. The molecule has 0 radical (unpaired) electrons. The average molecular weight is 1040 g/mol. The van der Waals surface area contributed by atoms with Gasteiger partial charge in [-0.2, -0.15) is 0 Å². The number of nitrogens with two attached hydrogens (primary N) is 2. The number of ether oxygens (including phenoxy) is 4. The number of rotatable bonds is 30. The first-order valence-corrected chi connectivity index (χ1v) is 27.9. The van der Waals surface area contributed by atoms with Gasteiger partial charge in [-0.3, -0.25) is 14.4 Å². The lowest BCUT2D eigenvalue weighted by molar-refractivity contribution is -0.131. The van der Waals surface area contributed by atoms with Crippen LogP contribution in [0.3, 0.4) is 0 Å². The molecule has 0 fully saturated rings. The van der Waals surface area contributed by atoms with Crippen LogP contribution >= 0.6 is 6.72 Å². The normalized spacial score (nSPS) is 14.2. The molecule has 18 heteroatoms. The fraction of sp³-hybridized carbons (Fsp3) is 0.436. The maximum atomic E-state index is 13.8. The van der Waals surface area contributed by atoms with Gasteiger partial charge in [0.05, 0.1) is 96.1 Å². The molecule has 73 heavy (non-hydrogen) atoms. The molecule has 1 heterocycles. The van der Waals surface area contributed by atoms with Crippen LogP contribution in [-0.2, 0) is 69.0 Å². The SMILES string of the molecule is CN(CCC=C1c2ccccc2CCc2ccccc21)C(=O)CCOCCOCCOCCOCCN(N)/C1=C(\N)c2ccccc2N(C(=O)CCC(=O)NCCCCCCOP(O)(O)=S)Cc2ccccc21. The predicted molar refractivity (Wildman–Crippen MR) is 289 cm³/mol. The molecule has 6 rings (SSSR count). The van der Waals surface area contributed by atoms with Crippen LogP contribution in [0.25, 0.3) is 17.0 Å². The summed E-state index contributed by atoms with van der Waals surface area (Å²) in [6, 6.07) is 32.3. The summed E-state index contributed by atoms with van der Waals surface area (Å²) in [5, 5.41) is 4.47. The number of fused-ring (bicyclic) bond motifs is 4. The summed E-state index contributed by atoms with van der Waals surface area (Å²) in [5.74, 6) is 6.35. The third-order valence-electron chi connectivity index (χ3n) is 12.7. The quantitative estimate of drug-likeness (QED) is 0.0159. The van der Waals surface area contributed by atoms with Crippen molar-refractivity contribution in [2.45, 2.75) is 70.8 Å². The van der Waals surface area contributed by atoms with Crippen LogP contribution in [0.5, 0.6) is 0 Å². The Hall–Kier alpha value is -5.30. The summed E-state index contributed by atoms with van der Waals surface area (Å²) in [6.45, 7) is 1.17. The first-order chi connectivity index (χ1) is 35.4. The van der Waals surface area contributed by atoms with Crippen LogP contribution in [-0.4, -0.2) is 124 Å². The molecule has 2 aliphatic rings. The van der Waals surface area contributed by atoms with E-state index in [9.17, 15) is 14.4 Å². The fourth-order valence-corrected chi connectivity index (χ4v) is 9.46. The Morgan fingerprint density at radius 1 is 0.671 bits per heavy atom. The smallest absolute Gasteiger partial charge is 0.321 e. The minimum Gasteiger partial charge on any atom is -0.396 e. The topological polar surface area (TPSA) is 212 Å². The van der Waals surface area contributed by atoms with E-state index in [1.807, 2.05) is 55.6 Å². The lowest BCUT2D eigenvalue weighted by Crippen LogP contribution is -2.38. The predicted octanol–water partition coefficient (Wildman–Crippen LogP) is 6.71. The van der Waals surface area contributed by atoms with Crippen molar-refractivity contribution < 1.29 is 47.6 Å². The number of nitrogens with one attached hydrogen (secondary N) is 1. The Morgan fingerprint density at radius 3 is 1.86 bits per heavy atom. The van der Waals surface area contributed by atoms with Crippen LogP contribution in [0.2, 0.25) is 0 Å². The van der Waals surface area contributed by atoms with E-state index in [-0.39, 0.29) is 43.7 Å². The second kappa shape index (κ2) is 30.2. The number of unbranched alkanes of at least 4 members (excludes halogenated alkanes) is 3. The molecule has 4 aromatic carbocycles. The highest BCUT2D eigenvalue weighted by Gasteiger charge is 2.28. The van der Waals surface area contributed by atoms with Gasteiger partial charge in [0.1, 0.15) is 0 Å². The van der Waals surface area contributed by atoms with Gasteiger partial charge in [-0.1, -0.05) is 110 Å². The van der Waals surface area contributed by atoms with Crippen LogP contribution < -0.4 is 21.8 Å². The molecule has 394 valence electrons. The number of hydrogen-bond donors (Lipinski definition) is 5. The van der Waals surface area contributed by atoms with Gasteiger partial charge < -0.3 is 59.1 Å². The largest absolute Gasteiger partial charge is 0.396 e. The molecule has 0 bridgehead atoms. The van der Waals surface area contributed by atoms with Crippen molar-refractivity contribution in [1.29, 1.82) is 0 Å². The minimum absolute atomic E-state index is 0.00690. The molecular formula is C55H73N6O10PS. The van der Waals surface area contributed by atoms with E-state index < -0.39 is 6.72 Å². The van der Waals surface area contributed by atoms with Gasteiger partial charge in [0.15, 0.2) is 0 Å². The summed E-state index contributed by atoms with van der Waals surface area (Å²) in [7, 11) is 1.85. The van der Waals surface area contributed by atoms with Gasteiger partial charge in [-0.15, -0.1) is 0 Å². The molecule has 7 N–H and O–H groups in total. The average Bonchev–Trinajstić information content (AvgIpc) is 3.54. The van der Waals surface area contributed by atoms with Gasteiger partial charge in [0.25, 0.3) is 0 Å². The molecule has 16 nitrogen and oxygen atoms in total. The fourth-order valence-electron chi connectivity index (χ4n) is 8.87. The van der Waals surface area contributed by atoms with Gasteiger partial charge in [-0.05, 0) is 83.4 Å². The number of benzene rings is 4. The van der Waals surface area contributed by atoms with Gasteiger partial charge in [0.2, 0.25) is 17.7 Å².